The van der Waals surface area contributed by atoms with Crippen LogP contribution >= 0.6 is 0 Å². The molecule has 1 N–H and O–H groups in total. The van der Waals surface area contributed by atoms with Crippen molar-refractivity contribution in [2.24, 2.45) is 5.92 Å². The molecule has 0 bridgehead atoms. The zero-order chi connectivity index (χ0) is 14.9. The van der Waals surface area contributed by atoms with Crippen LogP contribution in [0.15, 0.2) is 18.2 Å². The Morgan fingerprint density at radius 3 is 2.75 bits per heavy atom. The Labute approximate surface area is 117 Å². The molecule has 1 aromatic carbocycles. The van der Waals surface area contributed by atoms with Gasteiger partial charge in [-0.05, 0) is 31.7 Å². The van der Waals surface area contributed by atoms with Gasteiger partial charge < -0.3 is 10.0 Å². The number of carbonyl (C=O) groups excluding carboxylic acids is 1. The summed E-state index contributed by atoms with van der Waals surface area (Å²) < 4.78 is 0. The second kappa shape index (κ2) is 5.48. The molecule has 20 heavy (non-hydrogen) atoms. The molecule has 1 aromatic rings. The quantitative estimate of drug-likeness (QED) is 0.665. The summed E-state index contributed by atoms with van der Waals surface area (Å²) in [6.07, 6.45) is 1.97. The van der Waals surface area contributed by atoms with Gasteiger partial charge in [-0.25, -0.2) is 0 Å². The first-order valence-electron chi connectivity index (χ1n) is 6.69. The fourth-order valence-electron chi connectivity index (χ4n) is 2.58. The molecule has 2 unspecified atom stereocenters. The van der Waals surface area contributed by atoms with Crippen LogP contribution in [-0.4, -0.2) is 33.4 Å². The topological polar surface area (TPSA) is 83.7 Å². The number of nitro benzene ring substituents is 1. The Bertz CT molecular complexity index is 544. The van der Waals surface area contributed by atoms with Crippen LogP contribution < -0.4 is 0 Å². The highest BCUT2D eigenvalue weighted by molar-refractivity contribution is 5.98. The van der Waals surface area contributed by atoms with E-state index in [1.165, 1.54) is 18.2 Å². The first-order chi connectivity index (χ1) is 9.41. The van der Waals surface area contributed by atoms with Crippen LogP contribution in [0.4, 0.5) is 5.69 Å². The second-order valence-corrected chi connectivity index (χ2v) is 5.42. The van der Waals surface area contributed by atoms with Gasteiger partial charge in [-0.1, -0.05) is 13.0 Å². The van der Waals surface area contributed by atoms with Crippen LogP contribution in [-0.2, 0) is 0 Å². The molecule has 2 atom stereocenters. The molecule has 0 aromatic heterocycles. The molecule has 6 heteroatoms. The van der Waals surface area contributed by atoms with Crippen molar-refractivity contribution < 1.29 is 14.8 Å². The van der Waals surface area contributed by atoms with E-state index < -0.39 is 16.4 Å². The number of nitro groups is 1. The lowest BCUT2D eigenvalue weighted by molar-refractivity contribution is -0.385. The highest BCUT2D eigenvalue weighted by Gasteiger charge is 2.30. The second-order valence-electron chi connectivity index (χ2n) is 5.42. The Morgan fingerprint density at radius 1 is 1.40 bits per heavy atom. The standard InChI is InChI=1S/C14H18N2O4/c1-9-6-7-10(2)15(8-9)14(18)11-4-3-5-12(13(11)17)16(19)20/h3-5,9-10,17H,6-8H2,1-2H3. The first-order valence-corrected chi connectivity index (χ1v) is 6.69. The predicted molar refractivity (Wildman–Crippen MR) is 73.7 cm³/mol. The van der Waals surface area contributed by atoms with Gasteiger partial charge >= 0.3 is 5.69 Å². The van der Waals surface area contributed by atoms with E-state index in [4.69, 9.17) is 0 Å². The van der Waals surface area contributed by atoms with Crippen molar-refractivity contribution in [2.45, 2.75) is 32.7 Å². The monoisotopic (exact) mass is 278 g/mol. The smallest absolute Gasteiger partial charge is 0.311 e. The van der Waals surface area contributed by atoms with E-state index in [0.717, 1.165) is 12.8 Å². The molecule has 1 aliphatic rings. The number of amides is 1. The summed E-state index contributed by atoms with van der Waals surface area (Å²) in [5, 5.41) is 20.7. The third-order valence-electron chi connectivity index (χ3n) is 3.82. The largest absolute Gasteiger partial charge is 0.502 e. The number of likely N-dealkylation sites (tertiary alicyclic amines) is 1. The SMILES string of the molecule is CC1CCC(C)N(C(=O)c2cccc([N+](=O)[O-])c2O)C1. The van der Waals surface area contributed by atoms with Crippen LogP contribution in [0.3, 0.4) is 0 Å². The average molecular weight is 278 g/mol. The van der Waals surface area contributed by atoms with Crippen LogP contribution in [0, 0.1) is 16.0 Å². The van der Waals surface area contributed by atoms with E-state index in [-0.39, 0.29) is 17.5 Å². The van der Waals surface area contributed by atoms with Gasteiger partial charge in [0.2, 0.25) is 5.75 Å². The highest BCUT2D eigenvalue weighted by Crippen LogP contribution is 2.32. The Morgan fingerprint density at radius 2 is 2.10 bits per heavy atom. The van der Waals surface area contributed by atoms with Crippen molar-refractivity contribution in [3.8, 4) is 5.75 Å². The molecular weight excluding hydrogens is 260 g/mol. The van der Waals surface area contributed by atoms with E-state index in [1.807, 2.05) is 6.92 Å². The number of aromatic hydroxyl groups is 1. The summed E-state index contributed by atoms with van der Waals surface area (Å²) in [7, 11) is 0. The molecule has 1 amide bonds. The molecule has 108 valence electrons. The summed E-state index contributed by atoms with van der Waals surface area (Å²) in [6.45, 7) is 4.64. The molecule has 1 fully saturated rings. The number of rotatable bonds is 2. The van der Waals surface area contributed by atoms with Crippen LogP contribution in [0.5, 0.6) is 5.75 Å². The van der Waals surface area contributed by atoms with Gasteiger partial charge in [0.25, 0.3) is 5.91 Å². The van der Waals surface area contributed by atoms with Crippen molar-refractivity contribution in [2.75, 3.05) is 6.54 Å². The lowest BCUT2D eigenvalue weighted by Gasteiger charge is -2.36. The number of hydrogen-bond donors (Lipinski definition) is 1. The van der Waals surface area contributed by atoms with E-state index in [2.05, 4.69) is 6.92 Å². The number of hydrogen-bond acceptors (Lipinski definition) is 4. The summed E-state index contributed by atoms with van der Waals surface area (Å²) in [6, 6.07) is 4.12. The third-order valence-corrected chi connectivity index (χ3v) is 3.82. The fraction of sp³-hybridized carbons (Fsp3) is 0.500. The molecule has 1 heterocycles. The van der Waals surface area contributed by atoms with Crippen molar-refractivity contribution in [3.63, 3.8) is 0 Å². The molecule has 2 rings (SSSR count). The maximum Gasteiger partial charge on any atom is 0.311 e. The van der Waals surface area contributed by atoms with Crippen LogP contribution in [0.1, 0.15) is 37.0 Å². The molecular formula is C14H18N2O4. The maximum atomic E-state index is 12.5. The minimum atomic E-state index is -0.686. The molecule has 6 nitrogen and oxygen atoms in total. The normalized spacial score (nSPS) is 22.6. The number of nitrogens with zero attached hydrogens (tertiary/aromatic N) is 2. The van der Waals surface area contributed by atoms with E-state index in [1.54, 1.807) is 4.90 Å². The van der Waals surface area contributed by atoms with Crippen molar-refractivity contribution >= 4 is 11.6 Å². The van der Waals surface area contributed by atoms with Crippen molar-refractivity contribution in [1.82, 2.24) is 4.90 Å². The lowest BCUT2D eigenvalue weighted by Crippen LogP contribution is -2.44. The van der Waals surface area contributed by atoms with E-state index in [0.29, 0.717) is 12.5 Å². The minimum Gasteiger partial charge on any atom is -0.502 e. The van der Waals surface area contributed by atoms with Crippen molar-refractivity contribution in [1.29, 1.82) is 0 Å². The van der Waals surface area contributed by atoms with Gasteiger partial charge in [-0.3, -0.25) is 14.9 Å². The van der Waals surface area contributed by atoms with E-state index >= 15 is 0 Å². The lowest BCUT2D eigenvalue weighted by atomic mass is 9.94. The van der Waals surface area contributed by atoms with Crippen LogP contribution in [0.2, 0.25) is 0 Å². The van der Waals surface area contributed by atoms with E-state index in [9.17, 15) is 20.0 Å². The average Bonchev–Trinajstić information content (AvgIpc) is 2.40. The van der Waals surface area contributed by atoms with Gasteiger partial charge in [0.15, 0.2) is 0 Å². The highest BCUT2D eigenvalue weighted by atomic mass is 16.6. The summed E-state index contributed by atoms with van der Waals surface area (Å²) >= 11 is 0. The van der Waals surface area contributed by atoms with Gasteiger partial charge in [-0.2, -0.15) is 0 Å². The summed E-state index contributed by atoms with van der Waals surface area (Å²) in [5.74, 6) is -0.492. The Balaban J connectivity index is 2.33. The molecule has 0 saturated carbocycles. The molecule has 0 radical (unpaired) electrons. The molecule has 1 saturated heterocycles. The molecule has 0 aliphatic carbocycles. The van der Waals surface area contributed by atoms with Gasteiger partial charge in [0, 0.05) is 18.7 Å². The number of phenols is 1. The third kappa shape index (κ3) is 2.59. The summed E-state index contributed by atoms with van der Waals surface area (Å²) in [4.78, 5) is 24.3. The van der Waals surface area contributed by atoms with Gasteiger partial charge in [-0.15, -0.1) is 0 Å². The Kier molecular flexibility index (Phi) is 3.92. The minimum absolute atomic E-state index is 0.000139. The first kappa shape index (κ1) is 14.3. The number of carbonyl (C=O) groups is 1. The zero-order valence-corrected chi connectivity index (χ0v) is 11.6. The number of para-hydroxylation sites is 1. The summed E-state index contributed by atoms with van der Waals surface area (Å²) in [5.41, 5.74) is -0.436. The Hall–Kier alpha value is -2.11. The van der Waals surface area contributed by atoms with Gasteiger partial charge in [0.05, 0.1) is 10.5 Å². The number of piperidine rings is 1. The zero-order valence-electron chi connectivity index (χ0n) is 11.6. The van der Waals surface area contributed by atoms with Crippen LogP contribution in [0.25, 0.3) is 0 Å². The molecule has 0 spiro atoms. The number of benzene rings is 1. The molecule has 1 aliphatic heterocycles. The van der Waals surface area contributed by atoms with Gasteiger partial charge in [0.1, 0.15) is 0 Å². The number of phenolic OH excluding ortho intramolecular Hbond substituents is 1. The maximum absolute atomic E-state index is 12.5. The predicted octanol–water partition coefficient (Wildman–Crippen LogP) is 2.56. The fourth-order valence-corrected chi connectivity index (χ4v) is 2.58. The van der Waals surface area contributed by atoms with Crippen molar-refractivity contribution in [3.05, 3.63) is 33.9 Å².